The fraction of sp³-hybridized carbons (Fsp3) is 0.867. The van der Waals surface area contributed by atoms with Crippen LogP contribution in [-0.2, 0) is 0 Å². The molecule has 0 radical (unpaired) electrons. The highest BCUT2D eigenvalue weighted by atomic mass is 14.5. The highest BCUT2D eigenvalue weighted by Gasteiger charge is 2.49. The summed E-state index contributed by atoms with van der Waals surface area (Å²) < 4.78 is 0. The van der Waals surface area contributed by atoms with Crippen molar-refractivity contribution in [2.45, 2.75) is 138 Å². The van der Waals surface area contributed by atoms with Crippen molar-refractivity contribution in [1.29, 1.82) is 0 Å². The normalized spacial score (nSPS) is 33.0. The minimum atomic E-state index is 0.411. The van der Waals surface area contributed by atoms with Crippen molar-refractivity contribution in [3.05, 3.63) is 22.3 Å². The maximum absolute atomic E-state index is 2.71. The van der Waals surface area contributed by atoms with Crippen LogP contribution in [0.4, 0.5) is 0 Å². The molecule has 0 amide bonds. The molecule has 3 fully saturated rings. The summed E-state index contributed by atoms with van der Waals surface area (Å²) in [5.74, 6) is 3.18. The third-order valence-electron chi connectivity index (χ3n) is 9.63. The molecule has 0 aromatic carbocycles. The van der Waals surface area contributed by atoms with Crippen LogP contribution >= 0.6 is 0 Å². The second kappa shape index (κ2) is 10.9. The quantitative estimate of drug-likeness (QED) is 0.381. The van der Waals surface area contributed by atoms with Gasteiger partial charge in [0.2, 0.25) is 0 Å². The monoisotopic (exact) mass is 412 g/mol. The van der Waals surface area contributed by atoms with Gasteiger partial charge in [-0.3, -0.25) is 0 Å². The molecule has 3 aliphatic carbocycles. The van der Waals surface area contributed by atoms with Gasteiger partial charge in [-0.15, -0.1) is 0 Å². The Balaban J connectivity index is 2.22. The van der Waals surface area contributed by atoms with E-state index in [1.54, 1.807) is 0 Å². The Morgan fingerprint density at radius 2 is 1.37 bits per heavy atom. The van der Waals surface area contributed by atoms with Crippen LogP contribution in [0, 0.1) is 29.1 Å². The largest absolute Gasteiger partial charge is 0.0701 e. The minimum Gasteiger partial charge on any atom is -0.0701 e. The standard InChI is InChI=1S/C30H52/c1-7-16-26-21-30(6,23(5)9-3)29(25-19-14-11-15-20-25)27(22(4)8-2)28(26)24-17-12-10-13-18-24/h22-23,26-27H,7-21H2,1-6H3. The smallest absolute Gasteiger partial charge is 0.00462 e. The molecule has 0 spiro atoms. The van der Waals surface area contributed by atoms with Crippen molar-refractivity contribution in [3.8, 4) is 0 Å². The zero-order valence-electron chi connectivity index (χ0n) is 21.4. The summed E-state index contributed by atoms with van der Waals surface area (Å²) in [6, 6.07) is 0. The van der Waals surface area contributed by atoms with Gasteiger partial charge in [0, 0.05) is 5.92 Å². The van der Waals surface area contributed by atoms with Crippen LogP contribution in [0.3, 0.4) is 0 Å². The van der Waals surface area contributed by atoms with E-state index in [9.17, 15) is 0 Å². The van der Waals surface area contributed by atoms with Crippen LogP contribution in [-0.4, -0.2) is 0 Å². The third-order valence-corrected chi connectivity index (χ3v) is 9.63. The predicted octanol–water partition coefficient (Wildman–Crippen LogP) is 10.0. The zero-order chi connectivity index (χ0) is 21.7. The third kappa shape index (κ3) is 4.78. The van der Waals surface area contributed by atoms with Gasteiger partial charge in [-0.25, -0.2) is 0 Å². The van der Waals surface area contributed by atoms with E-state index in [4.69, 9.17) is 0 Å². The van der Waals surface area contributed by atoms with E-state index in [2.05, 4.69) is 41.5 Å². The summed E-state index contributed by atoms with van der Waals surface area (Å²) in [6.45, 7) is 15.2. The van der Waals surface area contributed by atoms with Gasteiger partial charge in [0.05, 0.1) is 0 Å². The van der Waals surface area contributed by atoms with Crippen molar-refractivity contribution in [3.63, 3.8) is 0 Å². The Morgan fingerprint density at radius 1 is 0.800 bits per heavy atom. The molecule has 0 saturated heterocycles. The fourth-order valence-electron chi connectivity index (χ4n) is 7.49. The lowest BCUT2D eigenvalue weighted by atomic mass is 9.51. The highest BCUT2D eigenvalue weighted by Crippen LogP contribution is 2.60. The Bertz CT molecular complexity index is 604. The van der Waals surface area contributed by atoms with Crippen molar-refractivity contribution < 1.29 is 0 Å². The first-order valence-corrected chi connectivity index (χ1v) is 13.9. The summed E-state index contributed by atoms with van der Waals surface area (Å²) in [5, 5.41) is 0. The number of allylic oxidation sites excluding steroid dienone is 4. The Morgan fingerprint density at radius 3 is 1.87 bits per heavy atom. The Hall–Kier alpha value is -0.520. The van der Waals surface area contributed by atoms with Gasteiger partial charge in [-0.1, -0.05) is 95.9 Å². The van der Waals surface area contributed by atoms with E-state index >= 15 is 0 Å². The molecular weight excluding hydrogens is 360 g/mol. The zero-order valence-corrected chi connectivity index (χ0v) is 21.4. The molecular formula is C30H52. The molecule has 0 heteroatoms. The average molecular weight is 413 g/mol. The molecule has 0 N–H and O–H groups in total. The second-order valence-corrected chi connectivity index (χ2v) is 11.5. The van der Waals surface area contributed by atoms with Gasteiger partial charge in [-0.2, -0.15) is 0 Å². The van der Waals surface area contributed by atoms with Gasteiger partial charge < -0.3 is 0 Å². The topological polar surface area (TPSA) is 0 Å². The van der Waals surface area contributed by atoms with Crippen molar-refractivity contribution >= 4 is 0 Å². The highest BCUT2D eigenvalue weighted by molar-refractivity contribution is 5.41. The molecule has 5 atom stereocenters. The van der Waals surface area contributed by atoms with Gasteiger partial charge in [0.15, 0.2) is 0 Å². The summed E-state index contributed by atoms with van der Waals surface area (Å²) in [4.78, 5) is 0. The maximum atomic E-state index is 2.71. The SMILES string of the molecule is CCCC1CC(C)(C(C)CC)C(=C2CCCCC2)C(C(C)CC)C1=C1CCCCC1. The van der Waals surface area contributed by atoms with Crippen LogP contribution in [0.15, 0.2) is 22.3 Å². The van der Waals surface area contributed by atoms with Crippen molar-refractivity contribution in [1.82, 2.24) is 0 Å². The lowest BCUT2D eigenvalue weighted by molar-refractivity contribution is 0.132. The van der Waals surface area contributed by atoms with E-state index in [1.807, 2.05) is 22.3 Å². The van der Waals surface area contributed by atoms with Crippen LogP contribution in [0.1, 0.15) is 138 Å². The summed E-state index contributed by atoms with van der Waals surface area (Å²) >= 11 is 0. The number of hydrogen-bond donors (Lipinski definition) is 0. The molecule has 0 aromatic heterocycles. The first kappa shape index (κ1) is 24.1. The second-order valence-electron chi connectivity index (χ2n) is 11.5. The Labute approximate surface area is 189 Å². The van der Waals surface area contributed by atoms with Crippen LogP contribution in [0.2, 0.25) is 0 Å². The first-order valence-electron chi connectivity index (χ1n) is 13.9. The molecule has 3 saturated carbocycles. The molecule has 0 aromatic rings. The predicted molar refractivity (Wildman–Crippen MR) is 134 cm³/mol. The molecule has 30 heavy (non-hydrogen) atoms. The fourth-order valence-corrected chi connectivity index (χ4v) is 7.49. The van der Waals surface area contributed by atoms with Crippen LogP contribution in [0.25, 0.3) is 0 Å². The molecule has 0 nitrogen and oxygen atoms in total. The number of hydrogen-bond acceptors (Lipinski definition) is 0. The first-order chi connectivity index (χ1) is 14.5. The lowest BCUT2D eigenvalue weighted by Crippen LogP contribution is -2.43. The summed E-state index contributed by atoms with van der Waals surface area (Å²) in [7, 11) is 0. The van der Waals surface area contributed by atoms with E-state index in [-0.39, 0.29) is 0 Å². The van der Waals surface area contributed by atoms with Crippen molar-refractivity contribution in [2.24, 2.45) is 29.1 Å². The van der Waals surface area contributed by atoms with Crippen LogP contribution < -0.4 is 0 Å². The molecule has 172 valence electrons. The molecule has 3 rings (SSSR count). The van der Waals surface area contributed by atoms with E-state index in [0.29, 0.717) is 5.41 Å². The molecule has 0 aliphatic heterocycles. The summed E-state index contributed by atoms with van der Waals surface area (Å²) in [6.07, 6.45) is 21.1. The minimum absolute atomic E-state index is 0.411. The van der Waals surface area contributed by atoms with Gasteiger partial charge in [-0.05, 0) is 87.4 Å². The lowest BCUT2D eigenvalue weighted by Gasteiger charge is -2.54. The maximum Gasteiger partial charge on any atom is 0.00462 e. The van der Waals surface area contributed by atoms with E-state index in [0.717, 1.165) is 23.7 Å². The average Bonchev–Trinajstić information content (AvgIpc) is 2.78. The summed E-state index contributed by atoms with van der Waals surface area (Å²) in [5.41, 5.74) is 8.21. The van der Waals surface area contributed by atoms with E-state index in [1.165, 1.54) is 96.3 Å². The molecule has 3 aliphatic rings. The van der Waals surface area contributed by atoms with Crippen molar-refractivity contribution in [2.75, 3.05) is 0 Å². The molecule has 5 unspecified atom stereocenters. The molecule has 0 bridgehead atoms. The number of rotatable bonds is 6. The van der Waals surface area contributed by atoms with Crippen LogP contribution in [0.5, 0.6) is 0 Å². The van der Waals surface area contributed by atoms with E-state index < -0.39 is 0 Å². The van der Waals surface area contributed by atoms with Gasteiger partial charge in [0.25, 0.3) is 0 Å². The molecule has 0 heterocycles. The Kier molecular flexibility index (Phi) is 8.74. The van der Waals surface area contributed by atoms with Gasteiger partial charge >= 0.3 is 0 Å². The van der Waals surface area contributed by atoms with Gasteiger partial charge in [0.1, 0.15) is 0 Å².